The Balaban J connectivity index is 1.87. The van der Waals surface area contributed by atoms with E-state index in [0.717, 1.165) is 18.4 Å². The minimum absolute atomic E-state index is 0.00326. The number of carbonyl (C=O) groups excluding carboxylic acids is 3. The number of ether oxygens (including phenoxy) is 1. The zero-order valence-corrected chi connectivity index (χ0v) is 16.1. The minimum Gasteiger partial charge on any atom is -0.451 e. The molecule has 2 amide bonds. The van der Waals surface area contributed by atoms with Gasteiger partial charge < -0.3 is 15.4 Å². The minimum atomic E-state index is -0.881. The van der Waals surface area contributed by atoms with Gasteiger partial charge >= 0.3 is 5.97 Å². The van der Waals surface area contributed by atoms with Gasteiger partial charge in [0.15, 0.2) is 6.10 Å². The molecule has 1 aliphatic rings. The van der Waals surface area contributed by atoms with Crippen LogP contribution in [-0.2, 0) is 19.7 Å². The first-order valence-corrected chi connectivity index (χ1v) is 9.00. The summed E-state index contributed by atoms with van der Waals surface area (Å²) in [5, 5.41) is 5.38. The highest BCUT2D eigenvalue weighted by Crippen LogP contribution is 2.22. The Bertz CT molecular complexity index is 672. The van der Waals surface area contributed by atoms with Crippen molar-refractivity contribution in [3.8, 4) is 0 Å². The van der Waals surface area contributed by atoms with Gasteiger partial charge in [-0.3, -0.25) is 9.59 Å². The number of carbonyl (C=O) groups is 3. The van der Waals surface area contributed by atoms with E-state index in [0.29, 0.717) is 5.56 Å². The third kappa shape index (κ3) is 5.58. The van der Waals surface area contributed by atoms with Crippen LogP contribution in [0, 0.1) is 0 Å². The summed E-state index contributed by atoms with van der Waals surface area (Å²) in [4.78, 5) is 36.2. The zero-order chi connectivity index (χ0) is 19.5. The molecule has 0 bridgehead atoms. The van der Waals surface area contributed by atoms with Gasteiger partial charge in [-0.25, -0.2) is 4.79 Å². The van der Waals surface area contributed by atoms with Crippen LogP contribution < -0.4 is 10.6 Å². The van der Waals surface area contributed by atoms with Crippen molar-refractivity contribution >= 4 is 17.8 Å². The Morgan fingerprint density at radius 3 is 2.15 bits per heavy atom. The normalized spacial score (nSPS) is 16.3. The summed E-state index contributed by atoms with van der Waals surface area (Å²) in [6, 6.07) is 6.64. The molecule has 0 unspecified atom stereocenters. The molecule has 0 heterocycles. The standard InChI is InChI=1S/C20H28N2O4/c1-12(19(25)26-13(2)17(23)22-16-10-11-16)21-18(24)14-6-8-15(9-7-14)20(3,4)5/h6-9,12-13,16H,10-11H2,1-5H3,(H,21,24)(H,22,23)/t12-,13-/m0/s1. The molecule has 1 fully saturated rings. The highest BCUT2D eigenvalue weighted by Gasteiger charge is 2.28. The molecule has 0 spiro atoms. The molecule has 0 aliphatic heterocycles. The first-order valence-electron chi connectivity index (χ1n) is 9.00. The van der Waals surface area contributed by atoms with E-state index in [1.165, 1.54) is 13.8 Å². The van der Waals surface area contributed by atoms with Crippen LogP contribution in [0.25, 0.3) is 0 Å². The quantitative estimate of drug-likeness (QED) is 0.763. The van der Waals surface area contributed by atoms with Gasteiger partial charge in [0.1, 0.15) is 6.04 Å². The number of hydrogen-bond donors (Lipinski definition) is 2. The fourth-order valence-corrected chi connectivity index (χ4v) is 2.34. The lowest BCUT2D eigenvalue weighted by Gasteiger charge is -2.20. The lowest BCUT2D eigenvalue weighted by Crippen LogP contribution is -2.43. The average Bonchev–Trinajstić information content (AvgIpc) is 3.37. The SMILES string of the molecule is C[C@H](NC(=O)c1ccc(C(C)(C)C)cc1)C(=O)O[C@@H](C)C(=O)NC1CC1. The third-order valence-corrected chi connectivity index (χ3v) is 4.30. The first kappa shape index (κ1) is 19.9. The van der Waals surface area contributed by atoms with Crippen molar-refractivity contribution in [2.75, 3.05) is 0 Å². The van der Waals surface area contributed by atoms with Crippen molar-refractivity contribution in [2.45, 2.75) is 71.1 Å². The summed E-state index contributed by atoms with van der Waals surface area (Å²) in [6.45, 7) is 9.35. The molecule has 26 heavy (non-hydrogen) atoms. The number of nitrogens with one attached hydrogen (secondary N) is 2. The van der Waals surface area contributed by atoms with Crippen molar-refractivity contribution in [1.29, 1.82) is 0 Å². The molecule has 6 nitrogen and oxygen atoms in total. The molecule has 142 valence electrons. The fourth-order valence-electron chi connectivity index (χ4n) is 2.34. The van der Waals surface area contributed by atoms with E-state index in [1.807, 2.05) is 12.1 Å². The van der Waals surface area contributed by atoms with Gasteiger partial charge in [0.05, 0.1) is 0 Å². The summed E-state index contributed by atoms with van der Waals surface area (Å²) in [7, 11) is 0. The van der Waals surface area contributed by atoms with Crippen molar-refractivity contribution < 1.29 is 19.1 Å². The van der Waals surface area contributed by atoms with Crippen LogP contribution in [0.3, 0.4) is 0 Å². The van der Waals surface area contributed by atoms with E-state index >= 15 is 0 Å². The molecule has 0 aromatic heterocycles. The smallest absolute Gasteiger partial charge is 0.329 e. The molecular weight excluding hydrogens is 332 g/mol. The van der Waals surface area contributed by atoms with E-state index < -0.39 is 18.1 Å². The van der Waals surface area contributed by atoms with Crippen molar-refractivity contribution in [2.24, 2.45) is 0 Å². The molecule has 1 aromatic rings. The molecule has 1 aromatic carbocycles. The zero-order valence-electron chi connectivity index (χ0n) is 16.1. The Hall–Kier alpha value is -2.37. The van der Waals surface area contributed by atoms with Gasteiger partial charge in [0.25, 0.3) is 11.8 Å². The molecule has 1 aliphatic carbocycles. The van der Waals surface area contributed by atoms with Crippen LogP contribution in [0.1, 0.15) is 63.4 Å². The van der Waals surface area contributed by atoms with Crippen LogP contribution in [0.4, 0.5) is 0 Å². The monoisotopic (exact) mass is 360 g/mol. The van der Waals surface area contributed by atoms with E-state index in [2.05, 4.69) is 31.4 Å². The van der Waals surface area contributed by atoms with Gasteiger partial charge in [-0.15, -0.1) is 0 Å². The molecule has 0 saturated heterocycles. The second-order valence-electron chi connectivity index (χ2n) is 7.88. The summed E-state index contributed by atoms with van der Waals surface area (Å²) in [6.07, 6.45) is 1.05. The average molecular weight is 360 g/mol. The lowest BCUT2D eigenvalue weighted by molar-refractivity contribution is -0.156. The number of amides is 2. The number of rotatable bonds is 6. The molecule has 2 rings (SSSR count). The van der Waals surface area contributed by atoms with Crippen molar-refractivity contribution in [1.82, 2.24) is 10.6 Å². The van der Waals surface area contributed by atoms with Crippen LogP contribution in [0.15, 0.2) is 24.3 Å². The van der Waals surface area contributed by atoms with Gasteiger partial charge in [-0.2, -0.15) is 0 Å². The van der Waals surface area contributed by atoms with Crippen LogP contribution >= 0.6 is 0 Å². The van der Waals surface area contributed by atoms with Gasteiger partial charge in [0, 0.05) is 11.6 Å². The molecular formula is C20H28N2O4. The summed E-state index contributed by atoms with van der Waals surface area (Å²) in [5.74, 6) is -1.30. The fraction of sp³-hybridized carbons (Fsp3) is 0.550. The number of hydrogen-bond acceptors (Lipinski definition) is 4. The molecule has 2 N–H and O–H groups in total. The third-order valence-electron chi connectivity index (χ3n) is 4.30. The summed E-state index contributed by atoms with van der Waals surface area (Å²) in [5.41, 5.74) is 1.60. The Labute approximate surface area is 154 Å². The van der Waals surface area contributed by atoms with Gasteiger partial charge in [-0.05, 0) is 49.8 Å². The first-order chi connectivity index (χ1) is 12.1. The van der Waals surface area contributed by atoms with Gasteiger partial charge in [0.2, 0.25) is 0 Å². The van der Waals surface area contributed by atoms with Crippen LogP contribution in [0.2, 0.25) is 0 Å². The molecule has 2 atom stereocenters. The maximum atomic E-state index is 12.3. The highest BCUT2D eigenvalue weighted by molar-refractivity contribution is 5.97. The molecule has 6 heteroatoms. The van der Waals surface area contributed by atoms with Gasteiger partial charge in [-0.1, -0.05) is 32.9 Å². The Kier molecular flexibility index (Phi) is 6.05. The maximum absolute atomic E-state index is 12.3. The second-order valence-corrected chi connectivity index (χ2v) is 7.88. The summed E-state index contributed by atoms with van der Waals surface area (Å²) >= 11 is 0. The second kappa shape index (κ2) is 7.89. The number of esters is 1. The summed E-state index contributed by atoms with van der Waals surface area (Å²) < 4.78 is 5.14. The lowest BCUT2D eigenvalue weighted by atomic mass is 9.86. The maximum Gasteiger partial charge on any atom is 0.329 e. The highest BCUT2D eigenvalue weighted by atomic mass is 16.5. The van der Waals surface area contributed by atoms with E-state index in [1.54, 1.807) is 12.1 Å². The van der Waals surface area contributed by atoms with E-state index in [9.17, 15) is 14.4 Å². The molecule has 1 saturated carbocycles. The van der Waals surface area contributed by atoms with Crippen LogP contribution in [-0.4, -0.2) is 36.0 Å². The predicted octanol–water partition coefficient (Wildman–Crippen LogP) is 2.31. The predicted molar refractivity (Wildman–Crippen MR) is 98.8 cm³/mol. The topological polar surface area (TPSA) is 84.5 Å². The Morgan fingerprint density at radius 2 is 1.65 bits per heavy atom. The number of benzene rings is 1. The van der Waals surface area contributed by atoms with Crippen molar-refractivity contribution in [3.05, 3.63) is 35.4 Å². The molecule has 0 radical (unpaired) electrons. The van der Waals surface area contributed by atoms with Crippen LogP contribution in [0.5, 0.6) is 0 Å². The van der Waals surface area contributed by atoms with E-state index in [-0.39, 0.29) is 23.3 Å². The van der Waals surface area contributed by atoms with Crippen molar-refractivity contribution in [3.63, 3.8) is 0 Å². The Morgan fingerprint density at radius 1 is 1.08 bits per heavy atom. The van der Waals surface area contributed by atoms with E-state index in [4.69, 9.17) is 4.74 Å². The largest absolute Gasteiger partial charge is 0.451 e.